The van der Waals surface area contributed by atoms with E-state index in [9.17, 15) is 4.79 Å². The third-order valence-electron chi connectivity index (χ3n) is 3.32. The molecule has 0 unspecified atom stereocenters. The van der Waals surface area contributed by atoms with Gasteiger partial charge in [-0.3, -0.25) is 4.79 Å². The Morgan fingerprint density at radius 3 is 1.74 bits per heavy atom. The van der Waals surface area contributed by atoms with Gasteiger partial charge < -0.3 is 9.47 Å². The molecule has 0 fully saturated rings. The number of hydrogen-bond acceptors (Lipinski definition) is 3. The fraction of sp³-hybridized carbons (Fsp3) is 0.938. The first-order chi connectivity index (χ1) is 9.31. The summed E-state index contributed by atoms with van der Waals surface area (Å²) < 4.78 is 9.50. The number of carbonyl (C=O) groups excluding carboxylic acids is 1. The average molecular weight is 272 g/mol. The van der Waals surface area contributed by atoms with Gasteiger partial charge in [0.25, 0.3) is 0 Å². The summed E-state index contributed by atoms with van der Waals surface area (Å²) in [5.41, 5.74) is 0. The molecule has 0 bridgehead atoms. The lowest BCUT2D eigenvalue weighted by Gasteiger charge is -2.03. The number of hydrogen-bond donors (Lipinski definition) is 0. The first kappa shape index (κ1) is 18.4. The van der Waals surface area contributed by atoms with Crippen LogP contribution >= 0.6 is 0 Å². The predicted octanol–water partition coefficient (Wildman–Crippen LogP) is 4.83. The molecule has 0 atom stereocenters. The zero-order valence-electron chi connectivity index (χ0n) is 12.9. The third kappa shape index (κ3) is 15.4. The normalized spacial score (nSPS) is 10.6. The molecular formula is C16H32O3. The predicted molar refractivity (Wildman–Crippen MR) is 79.0 cm³/mol. The second-order valence-corrected chi connectivity index (χ2v) is 5.21. The molecule has 0 saturated carbocycles. The van der Waals surface area contributed by atoms with Crippen molar-refractivity contribution in [3.05, 3.63) is 0 Å². The van der Waals surface area contributed by atoms with Gasteiger partial charge in [-0.05, 0) is 6.42 Å². The summed E-state index contributed by atoms with van der Waals surface area (Å²) in [6.07, 6.45) is 14.8. The summed E-state index contributed by atoms with van der Waals surface area (Å²) in [6, 6.07) is 0. The molecule has 0 N–H and O–H groups in total. The maximum atomic E-state index is 11.2. The summed E-state index contributed by atoms with van der Waals surface area (Å²) in [5.74, 6) is -0.141. The highest BCUT2D eigenvalue weighted by atomic mass is 16.7. The molecule has 3 nitrogen and oxygen atoms in total. The Morgan fingerprint density at radius 2 is 1.26 bits per heavy atom. The second-order valence-electron chi connectivity index (χ2n) is 5.21. The second kappa shape index (κ2) is 15.5. The van der Waals surface area contributed by atoms with Crippen LogP contribution in [0.25, 0.3) is 0 Å². The lowest BCUT2D eigenvalue weighted by atomic mass is 10.1. The SMILES string of the molecule is CCCCCCCCCCCCCC(=O)OCOC. The zero-order valence-corrected chi connectivity index (χ0v) is 12.9. The molecule has 0 aliphatic carbocycles. The largest absolute Gasteiger partial charge is 0.438 e. The van der Waals surface area contributed by atoms with Gasteiger partial charge >= 0.3 is 5.97 Å². The molecule has 0 aliphatic heterocycles. The van der Waals surface area contributed by atoms with E-state index in [1.807, 2.05) is 0 Å². The minimum absolute atomic E-state index is 0.0802. The Morgan fingerprint density at radius 1 is 0.789 bits per heavy atom. The van der Waals surface area contributed by atoms with E-state index in [1.165, 1.54) is 64.9 Å². The van der Waals surface area contributed by atoms with Gasteiger partial charge in [-0.25, -0.2) is 0 Å². The standard InChI is InChI=1S/C16H32O3/c1-3-4-5-6-7-8-9-10-11-12-13-14-16(17)19-15-18-2/h3-15H2,1-2H3. The van der Waals surface area contributed by atoms with Gasteiger partial charge in [0, 0.05) is 13.5 Å². The van der Waals surface area contributed by atoms with Crippen molar-refractivity contribution in [2.45, 2.75) is 84.0 Å². The van der Waals surface area contributed by atoms with Gasteiger partial charge in [-0.2, -0.15) is 0 Å². The highest BCUT2D eigenvalue weighted by Crippen LogP contribution is 2.12. The Hall–Kier alpha value is -0.570. The van der Waals surface area contributed by atoms with Crippen molar-refractivity contribution in [2.24, 2.45) is 0 Å². The Kier molecular flexibility index (Phi) is 15.0. The van der Waals surface area contributed by atoms with Gasteiger partial charge in [0.2, 0.25) is 0 Å². The Bertz CT molecular complexity index is 192. The molecule has 0 rings (SSSR count). The van der Waals surface area contributed by atoms with E-state index in [0.717, 1.165) is 12.8 Å². The minimum Gasteiger partial charge on any atom is -0.438 e. The highest BCUT2D eigenvalue weighted by molar-refractivity contribution is 5.69. The fourth-order valence-electron chi connectivity index (χ4n) is 2.13. The highest BCUT2D eigenvalue weighted by Gasteiger charge is 2.01. The van der Waals surface area contributed by atoms with Gasteiger partial charge in [0.05, 0.1) is 0 Å². The summed E-state index contributed by atoms with van der Waals surface area (Å²) in [6.45, 7) is 2.34. The number of esters is 1. The average Bonchev–Trinajstić information content (AvgIpc) is 2.42. The lowest BCUT2D eigenvalue weighted by molar-refractivity contribution is -0.154. The molecule has 0 aromatic carbocycles. The molecule has 0 aromatic heterocycles. The van der Waals surface area contributed by atoms with Gasteiger partial charge in [0.15, 0.2) is 6.79 Å². The first-order valence-corrected chi connectivity index (χ1v) is 7.95. The van der Waals surface area contributed by atoms with Crippen LogP contribution in [0.3, 0.4) is 0 Å². The van der Waals surface area contributed by atoms with Crippen LogP contribution in [-0.2, 0) is 14.3 Å². The third-order valence-corrected chi connectivity index (χ3v) is 3.32. The molecule has 114 valence electrons. The summed E-state index contributed by atoms with van der Waals surface area (Å²) >= 11 is 0. The van der Waals surface area contributed by atoms with E-state index in [4.69, 9.17) is 4.74 Å². The van der Waals surface area contributed by atoms with Crippen molar-refractivity contribution in [1.29, 1.82) is 0 Å². The van der Waals surface area contributed by atoms with Gasteiger partial charge in [-0.1, -0.05) is 71.1 Å². The summed E-state index contributed by atoms with van der Waals surface area (Å²) in [4.78, 5) is 11.2. The van der Waals surface area contributed by atoms with E-state index in [-0.39, 0.29) is 12.8 Å². The number of rotatable bonds is 14. The van der Waals surface area contributed by atoms with Crippen molar-refractivity contribution in [3.63, 3.8) is 0 Å². The number of methoxy groups -OCH3 is 1. The Balaban J connectivity index is 3.04. The van der Waals surface area contributed by atoms with Crippen molar-refractivity contribution in [3.8, 4) is 0 Å². The van der Waals surface area contributed by atoms with E-state index < -0.39 is 0 Å². The number of ether oxygens (including phenoxy) is 2. The molecule has 0 amide bonds. The monoisotopic (exact) mass is 272 g/mol. The van der Waals surface area contributed by atoms with Gasteiger partial charge in [-0.15, -0.1) is 0 Å². The maximum Gasteiger partial charge on any atom is 0.307 e. The molecular weight excluding hydrogens is 240 g/mol. The van der Waals surface area contributed by atoms with E-state index >= 15 is 0 Å². The smallest absolute Gasteiger partial charge is 0.307 e. The van der Waals surface area contributed by atoms with Crippen LogP contribution < -0.4 is 0 Å². The van der Waals surface area contributed by atoms with Crippen LogP contribution in [0, 0.1) is 0 Å². The molecule has 0 aromatic rings. The van der Waals surface area contributed by atoms with Crippen LogP contribution in [-0.4, -0.2) is 19.9 Å². The molecule has 0 spiro atoms. The zero-order chi connectivity index (χ0) is 14.2. The van der Waals surface area contributed by atoms with Crippen LogP contribution in [0.2, 0.25) is 0 Å². The van der Waals surface area contributed by atoms with Gasteiger partial charge in [0.1, 0.15) is 0 Å². The number of unbranched alkanes of at least 4 members (excludes halogenated alkanes) is 10. The molecule has 0 aliphatic rings. The molecule has 3 heteroatoms. The number of carbonyl (C=O) groups is 1. The molecule has 19 heavy (non-hydrogen) atoms. The van der Waals surface area contributed by atoms with Crippen molar-refractivity contribution < 1.29 is 14.3 Å². The van der Waals surface area contributed by atoms with E-state index in [1.54, 1.807) is 0 Å². The topological polar surface area (TPSA) is 35.5 Å². The quantitative estimate of drug-likeness (QED) is 0.258. The molecule has 0 radical (unpaired) electrons. The van der Waals surface area contributed by atoms with Crippen molar-refractivity contribution >= 4 is 5.97 Å². The van der Waals surface area contributed by atoms with E-state index in [0.29, 0.717) is 6.42 Å². The van der Waals surface area contributed by atoms with Crippen molar-refractivity contribution in [1.82, 2.24) is 0 Å². The molecule has 0 saturated heterocycles. The summed E-state index contributed by atoms with van der Waals surface area (Å²) in [5, 5.41) is 0. The molecule has 0 heterocycles. The van der Waals surface area contributed by atoms with Crippen LogP contribution in [0.5, 0.6) is 0 Å². The fourth-order valence-corrected chi connectivity index (χ4v) is 2.13. The van der Waals surface area contributed by atoms with Crippen LogP contribution in [0.4, 0.5) is 0 Å². The summed E-state index contributed by atoms with van der Waals surface area (Å²) in [7, 11) is 1.52. The lowest BCUT2D eigenvalue weighted by Crippen LogP contribution is -2.06. The first-order valence-electron chi connectivity index (χ1n) is 7.95. The van der Waals surface area contributed by atoms with E-state index in [2.05, 4.69) is 11.7 Å². The Labute approximate surface area is 119 Å². The van der Waals surface area contributed by atoms with Crippen molar-refractivity contribution in [2.75, 3.05) is 13.9 Å². The van der Waals surface area contributed by atoms with Crippen LogP contribution in [0.1, 0.15) is 84.0 Å². The maximum absolute atomic E-state index is 11.2. The van der Waals surface area contributed by atoms with Crippen LogP contribution in [0.15, 0.2) is 0 Å². The minimum atomic E-state index is -0.141.